The summed E-state index contributed by atoms with van der Waals surface area (Å²) in [6.45, 7) is 1.56. The quantitative estimate of drug-likeness (QED) is 0.588. The molecule has 0 aliphatic rings. The third kappa shape index (κ3) is 2.51. The maximum atomic E-state index is 13.3. The second-order valence-corrected chi connectivity index (χ2v) is 3.09. The molecule has 4 nitrogen and oxygen atoms in total. The van der Waals surface area contributed by atoms with Crippen LogP contribution in [0.3, 0.4) is 0 Å². The van der Waals surface area contributed by atoms with Crippen LogP contribution in [0, 0.1) is 12.7 Å². The fourth-order valence-corrected chi connectivity index (χ4v) is 1.27. The van der Waals surface area contributed by atoms with Crippen LogP contribution in [0.1, 0.15) is 21.5 Å². The highest BCUT2D eigenvalue weighted by molar-refractivity contribution is 5.91. The Morgan fingerprint density at radius 3 is 2.80 bits per heavy atom. The maximum absolute atomic E-state index is 13.3. The number of carbonyl (C=O) groups excluding carboxylic acids is 1. The standard InChI is InChI=1S/C10H12FNO3/c1-6-3-9(11)7(5-12-14)4-8(6)10(13)15-2/h3-4,12,14H,5H2,1-2H3. The molecule has 1 aromatic carbocycles. The van der Waals surface area contributed by atoms with Gasteiger partial charge in [0.25, 0.3) is 0 Å². The molecule has 0 heterocycles. The number of hydrogen-bond donors (Lipinski definition) is 2. The van der Waals surface area contributed by atoms with Gasteiger partial charge in [0.15, 0.2) is 0 Å². The highest BCUT2D eigenvalue weighted by Gasteiger charge is 2.13. The Bertz CT molecular complexity index is 379. The normalized spacial score (nSPS) is 10.1. The number of benzene rings is 1. The van der Waals surface area contributed by atoms with E-state index in [1.54, 1.807) is 6.92 Å². The number of nitrogens with one attached hydrogen (secondary N) is 1. The Morgan fingerprint density at radius 1 is 1.60 bits per heavy atom. The van der Waals surface area contributed by atoms with Gasteiger partial charge in [-0.15, -0.1) is 0 Å². The number of esters is 1. The van der Waals surface area contributed by atoms with Crippen LogP contribution in [0.5, 0.6) is 0 Å². The van der Waals surface area contributed by atoms with Crippen molar-refractivity contribution in [2.45, 2.75) is 13.5 Å². The lowest BCUT2D eigenvalue weighted by atomic mass is 10.0. The number of aryl methyl sites for hydroxylation is 1. The summed E-state index contributed by atoms with van der Waals surface area (Å²) in [5.74, 6) is -0.992. The van der Waals surface area contributed by atoms with Crippen LogP contribution < -0.4 is 5.48 Å². The van der Waals surface area contributed by atoms with Crippen molar-refractivity contribution in [3.8, 4) is 0 Å². The molecule has 5 heteroatoms. The first-order valence-electron chi connectivity index (χ1n) is 4.34. The van der Waals surface area contributed by atoms with E-state index in [-0.39, 0.29) is 12.1 Å². The Balaban J connectivity index is 3.17. The molecule has 0 bridgehead atoms. The molecule has 0 saturated heterocycles. The van der Waals surface area contributed by atoms with E-state index in [0.717, 1.165) is 0 Å². The molecule has 0 amide bonds. The van der Waals surface area contributed by atoms with Gasteiger partial charge in [-0.2, -0.15) is 0 Å². The fraction of sp³-hybridized carbons (Fsp3) is 0.300. The molecular weight excluding hydrogens is 201 g/mol. The molecule has 0 atom stereocenters. The van der Waals surface area contributed by atoms with E-state index in [1.165, 1.54) is 19.2 Å². The Hall–Kier alpha value is -1.46. The van der Waals surface area contributed by atoms with E-state index < -0.39 is 11.8 Å². The molecule has 2 N–H and O–H groups in total. The lowest BCUT2D eigenvalue weighted by molar-refractivity contribution is 0.0599. The summed E-state index contributed by atoms with van der Waals surface area (Å²) < 4.78 is 17.8. The minimum Gasteiger partial charge on any atom is -0.465 e. The Morgan fingerprint density at radius 2 is 2.27 bits per heavy atom. The molecule has 1 aromatic rings. The van der Waals surface area contributed by atoms with E-state index in [0.29, 0.717) is 11.1 Å². The van der Waals surface area contributed by atoms with Gasteiger partial charge in [0.05, 0.1) is 12.7 Å². The van der Waals surface area contributed by atoms with Crippen molar-refractivity contribution in [1.82, 2.24) is 5.48 Å². The first-order chi connectivity index (χ1) is 7.10. The third-order valence-corrected chi connectivity index (χ3v) is 2.07. The number of methoxy groups -OCH3 is 1. The van der Waals surface area contributed by atoms with Crippen LogP contribution in [0.4, 0.5) is 4.39 Å². The van der Waals surface area contributed by atoms with Crippen molar-refractivity contribution in [3.05, 3.63) is 34.6 Å². The molecule has 0 radical (unpaired) electrons. The Labute approximate surface area is 86.6 Å². The molecule has 15 heavy (non-hydrogen) atoms. The highest BCUT2D eigenvalue weighted by Crippen LogP contribution is 2.16. The molecule has 82 valence electrons. The fourth-order valence-electron chi connectivity index (χ4n) is 1.27. The maximum Gasteiger partial charge on any atom is 0.338 e. The van der Waals surface area contributed by atoms with Gasteiger partial charge in [-0.05, 0) is 24.6 Å². The van der Waals surface area contributed by atoms with Crippen LogP contribution in [0.15, 0.2) is 12.1 Å². The SMILES string of the molecule is COC(=O)c1cc(CNO)c(F)cc1C. The summed E-state index contributed by atoms with van der Waals surface area (Å²) in [6, 6.07) is 2.60. The topological polar surface area (TPSA) is 58.6 Å². The van der Waals surface area contributed by atoms with E-state index in [4.69, 9.17) is 5.21 Å². The van der Waals surface area contributed by atoms with Crippen molar-refractivity contribution >= 4 is 5.97 Å². The van der Waals surface area contributed by atoms with Crippen molar-refractivity contribution in [3.63, 3.8) is 0 Å². The van der Waals surface area contributed by atoms with Crippen LogP contribution in [0.25, 0.3) is 0 Å². The van der Waals surface area contributed by atoms with Crippen LogP contribution >= 0.6 is 0 Å². The van der Waals surface area contributed by atoms with Crippen molar-refractivity contribution in [2.24, 2.45) is 0 Å². The molecule has 0 aromatic heterocycles. The largest absolute Gasteiger partial charge is 0.465 e. The zero-order chi connectivity index (χ0) is 11.4. The van der Waals surface area contributed by atoms with E-state index in [2.05, 4.69) is 4.74 Å². The zero-order valence-corrected chi connectivity index (χ0v) is 8.50. The predicted octanol–water partition coefficient (Wildman–Crippen LogP) is 1.40. The third-order valence-electron chi connectivity index (χ3n) is 2.07. The average Bonchev–Trinajstić information content (AvgIpc) is 2.21. The van der Waals surface area contributed by atoms with E-state index in [1.807, 2.05) is 5.48 Å². The second kappa shape index (κ2) is 4.86. The second-order valence-electron chi connectivity index (χ2n) is 3.09. The number of rotatable bonds is 3. The molecule has 0 spiro atoms. The lowest BCUT2D eigenvalue weighted by Crippen LogP contribution is -2.11. The summed E-state index contributed by atoms with van der Waals surface area (Å²) in [7, 11) is 1.26. The van der Waals surface area contributed by atoms with Gasteiger partial charge in [0, 0.05) is 12.1 Å². The van der Waals surface area contributed by atoms with E-state index in [9.17, 15) is 9.18 Å². The van der Waals surface area contributed by atoms with Gasteiger partial charge in [-0.25, -0.2) is 14.7 Å². The number of carbonyl (C=O) groups is 1. The minimum absolute atomic E-state index is 0.0594. The molecule has 0 aliphatic carbocycles. The summed E-state index contributed by atoms with van der Waals surface area (Å²) >= 11 is 0. The van der Waals surface area contributed by atoms with Gasteiger partial charge in [-0.3, -0.25) is 0 Å². The van der Waals surface area contributed by atoms with Crippen molar-refractivity contribution in [2.75, 3.05) is 7.11 Å². The smallest absolute Gasteiger partial charge is 0.338 e. The number of ether oxygens (including phenoxy) is 1. The summed E-state index contributed by atoms with van der Waals surface area (Å²) in [5, 5.41) is 8.47. The molecule has 0 fully saturated rings. The highest BCUT2D eigenvalue weighted by atomic mass is 19.1. The lowest BCUT2D eigenvalue weighted by Gasteiger charge is -2.08. The first kappa shape index (κ1) is 11.6. The zero-order valence-electron chi connectivity index (χ0n) is 8.50. The van der Waals surface area contributed by atoms with Gasteiger partial charge in [-0.1, -0.05) is 0 Å². The van der Waals surface area contributed by atoms with Gasteiger partial charge < -0.3 is 9.94 Å². The number of halogens is 1. The molecule has 0 aliphatic heterocycles. The summed E-state index contributed by atoms with van der Waals surface area (Å²) in [5.41, 5.74) is 2.84. The molecule has 0 unspecified atom stereocenters. The van der Waals surface area contributed by atoms with Crippen molar-refractivity contribution in [1.29, 1.82) is 0 Å². The van der Waals surface area contributed by atoms with Crippen molar-refractivity contribution < 1.29 is 19.1 Å². The van der Waals surface area contributed by atoms with Gasteiger partial charge in [0.1, 0.15) is 5.82 Å². The van der Waals surface area contributed by atoms with Crippen LogP contribution in [0.2, 0.25) is 0 Å². The summed E-state index contributed by atoms with van der Waals surface area (Å²) in [6.07, 6.45) is 0. The average molecular weight is 213 g/mol. The predicted molar refractivity (Wildman–Crippen MR) is 51.1 cm³/mol. The number of hydrogen-bond acceptors (Lipinski definition) is 4. The van der Waals surface area contributed by atoms with Gasteiger partial charge in [0.2, 0.25) is 0 Å². The van der Waals surface area contributed by atoms with Crippen LogP contribution in [-0.4, -0.2) is 18.3 Å². The monoisotopic (exact) mass is 213 g/mol. The summed E-state index contributed by atoms with van der Waals surface area (Å²) in [4.78, 5) is 11.3. The molecular formula is C10H12FNO3. The number of hydroxylamine groups is 1. The Kier molecular flexibility index (Phi) is 3.76. The minimum atomic E-state index is -0.522. The molecule has 0 saturated carbocycles. The van der Waals surface area contributed by atoms with Crippen LogP contribution in [-0.2, 0) is 11.3 Å². The van der Waals surface area contributed by atoms with Gasteiger partial charge >= 0.3 is 5.97 Å². The van der Waals surface area contributed by atoms with E-state index >= 15 is 0 Å². The molecule has 1 rings (SSSR count). The first-order valence-corrected chi connectivity index (χ1v) is 4.34.